The van der Waals surface area contributed by atoms with Crippen LogP contribution >= 0.6 is 11.3 Å². The van der Waals surface area contributed by atoms with Crippen molar-refractivity contribution in [3.63, 3.8) is 0 Å². The third kappa shape index (κ3) is 5.09. The van der Waals surface area contributed by atoms with Crippen LogP contribution < -0.4 is 10.6 Å². The number of thiazole rings is 1. The van der Waals surface area contributed by atoms with Crippen LogP contribution in [0.3, 0.4) is 0 Å². The number of hydrogen-bond donors (Lipinski definition) is 3. The predicted octanol–water partition coefficient (Wildman–Crippen LogP) is 2.59. The van der Waals surface area contributed by atoms with Gasteiger partial charge in [-0.15, -0.1) is 11.3 Å². The maximum atomic E-state index is 13.1. The van der Waals surface area contributed by atoms with Crippen LogP contribution in [-0.4, -0.2) is 51.8 Å². The molecular weight excluding hydrogens is 428 g/mol. The normalized spacial score (nSPS) is 17.1. The first-order valence-corrected chi connectivity index (χ1v) is 11.5. The molecule has 2 aromatic rings. The molecule has 3 N–H and O–H groups in total. The highest BCUT2D eigenvalue weighted by atomic mass is 32.1. The Labute approximate surface area is 192 Å². The van der Waals surface area contributed by atoms with Crippen molar-refractivity contribution in [3.05, 3.63) is 35.0 Å². The van der Waals surface area contributed by atoms with Gasteiger partial charge < -0.3 is 20.6 Å². The van der Waals surface area contributed by atoms with E-state index in [4.69, 9.17) is 0 Å². The molecule has 1 aromatic carbocycles. The van der Waals surface area contributed by atoms with Gasteiger partial charge >= 0.3 is 0 Å². The lowest BCUT2D eigenvalue weighted by Gasteiger charge is -2.34. The summed E-state index contributed by atoms with van der Waals surface area (Å²) in [6.45, 7) is 8.16. The molecule has 1 saturated heterocycles. The summed E-state index contributed by atoms with van der Waals surface area (Å²) >= 11 is 1.51. The van der Waals surface area contributed by atoms with Crippen LogP contribution in [-0.2, 0) is 20.9 Å². The summed E-state index contributed by atoms with van der Waals surface area (Å²) < 4.78 is 0. The average Bonchev–Trinajstić information content (AvgIpc) is 3.38. The number of phenolic OH excluding ortho intramolecular Hbond substituents is 1. The lowest BCUT2D eigenvalue weighted by atomic mass is 9.85. The zero-order valence-corrected chi connectivity index (χ0v) is 19.7. The second kappa shape index (κ2) is 9.68. The summed E-state index contributed by atoms with van der Waals surface area (Å²) in [6.07, 6.45) is 1.81. The smallest absolute Gasteiger partial charge is 0.246 e. The number of aromatic hydroxyl groups is 1. The Kier molecular flexibility index (Phi) is 7.18. The van der Waals surface area contributed by atoms with E-state index in [1.165, 1.54) is 11.3 Å². The Morgan fingerprint density at radius 2 is 2.12 bits per heavy atom. The fourth-order valence-corrected chi connectivity index (χ4v) is 4.76. The van der Waals surface area contributed by atoms with Gasteiger partial charge in [-0.25, -0.2) is 4.98 Å². The number of nitrogens with zero attached hydrogens (tertiary/aromatic N) is 2. The van der Waals surface area contributed by atoms with E-state index < -0.39 is 17.5 Å². The first-order chi connectivity index (χ1) is 15.1. The molecule has 3 rings (SSSR count). The molecular formula is C23H30N4O4S. The number of phenols is 1. The molecule has 1 unspecified atom stereocenters. The number of carbonyl (C=O) groups excluding carboxylic acids is 3. The van der Waals surface area contributed by atoms with Gasteiger partial charge in [0.25, 0.3) is 0 Å². The topological polar surface area (TPSA) is 112 Å². The molecule has 8 nitrogen and oxygen atoms in total. The SMILES string of the molecule is Cc1ncsc1-c1ccc(CNC(=O)[C@@H]2CCCN2C(=O)C(NC=O)C(C)(C)C)c(O)c1. The van der Waals surface area contributed by atoms with Gasteiger partial charge in [-0.3, -0.25) is 14.4 Å². The maximum absolute atomic E-state index is 13.1. The van der Waals surface area contributed by atoms with Crippen LogP contribution in [0.25, 0.3) is 10.4 Å². The predicted molar refractivity (Wildman–Crippen MR) is 123 cm³/mol. The van der Waals surface area contributed by atoms with Crippen molar-refractivity contribution in [2.24, 2.45) is 5.41 Å². The first kappa shape index (κ1) is 23.7. The van der Waals surface area contributed by atoms with Gasteiger partial charge in [0.05, 0.1) is 16.1 Å². The van der Waals surface area contributed by atoms with E-state index in [1.54, 1.807) is 22.5 Å². The van der Waals surface area contributed by atoms with E-state index in [2.05, 4.69) is 15.6 Å². The highest BCUT2D eigenvalue weighted by Gasteiger charge is 2.40. The molecule has 1 fully saturated rings. The Morgan fingerprint density at radius 3 is 2.72 bits per heavy atom. The third-order valence-corrected chi connectivity index (χ3v) is 6.71. The summed E-state index contributed by atoms with van der Waals surface area (Å²) in [5.41, 5.74) is 3.65. The molecule has 2 atom stereocenters. The second-order valence-corrected chi connectivity index (χ2v) is 9.96. The molecule has 3 amide bonds. The van der Waals surface area contributed by atoms with Crippen molar-refractivity contribution >= 4 is 29.6 Å². The highest BCUT2D eigenvalue weighted by Crippen LogP contribution is 2.31. The zero-order chi connectivity index (χ0) is 23.5. The standard InChI is InChI=1S/C23H30N4O4S/c1-14-19(32-13-26-14)15-7-8-16(18(29)10-15)11-24-21(30)17-6-5-9-27(17)22(31)20(25-12-28)23(2,3)4/h7-8,10,12-13,17,20,29H,5-6,9,11H2,1-4H3,(H,24,30)(H,25,28)/t17-,20?/m0/s1. The van der Waals surface area contributed by atoms with Crippen LogP contribution in [0.4, 0.5) is 0 Å². The van der Waals surface area contributed by atoms with E-state index in [1.807, 2.05) is 33.8 Å². The third-order valence-electron chi connectivity index (χ3n) is 5.73. The molecule has 0 aliphatic carbocycles. The van der Waals surface area contributed by atoms with Gasteiger partial charge in [-0.05, 0) is 36.8 Å². The van der Waals surface area contributed by atoms with Gasteiger partial charge in [0.1, 0.15) is 17.8 Å². The summed E-state index contributed by atoms with van der Waals surface area (Å²) in [5, 5.41) is 15.9. The molecule has 0 saturated carbocycles. The van der Waals surface area contributed by atoms with Crippen molar-refractivity contribution < 1.29 is 19.5 Å². The largest absolute Gasteiger partial charge is 0.508 e. The number of nitrogens with one attached hydrogen (secondary N) is 2. The van der Waals surface area contributed by atoms with Gasteiger partial charge in [-0.2, -0.15) is 0 Å². The molecule has 0 radical (unpaired) electrons. The Balaban J connectivity index is 1.67. The van der Waals surface area contributed by atoms with Gasteiger partial charge in [0.15, 0.2) is 0 Å². The molecule has 9 heteroatoms. The van der Waals surface area contributed by atoms with Crippen LogP contribution in [0.1, 0.15) is 44.9 Å². The van der Waals surface area contributed by atoms with Crippen LogP contribution in [0.5, 0.6) is 5.75 Å². The fraction of sp³-hybridized carbons (Fsp3) is 0.478. The summed E-state index contributed by atoms with van der Waals surface area (Å²) in [4.78, 5) is 43.8. The molecule has 1 aliphatic heterocycles. The zero-order valence-electron chi connectivity index (χ0n) is 18.8. The van der Waals surface area contributed by atoms with Crippen LogP contribution in [0.2, 0.25) is 0 Å². The first-order valence-electron chi connectivity index (χ1n) is 10.6. The van der Waals surface area contributed by atoms with E-state index >= 15 is 0 Å². The number of aryl methyl sites for hydroxylation is 1. The molecule has 32 heavy (non-hydrogen) atoms. The van der Waals surface area contributed by atoms with E-state index in [0.717, 1.165) is 22.6 Å². The lowest BCUT2D eigenvalue weighted by Crippen LogP contribution is -2.56. The minimum atomic E-state index is -0.708. The van der Waals surface area contributed by atoms with E-state index in [0.29, 0.717) is 24.9 Å². The number of benzene rings is 1. The van der Waals surface area contributed by atoms with Crippen molar-refractivity contribution in [2.75, 3.05) is 6.54 Å². The monoisotopic (exact) mass is 458 g/mol. The lowest BCUT2D eigenvalue weighted by molar-refractivity contribution is -0.142. The molecule has 2 heterocycles. The van der Waals surface area contributed by atoms with E-state index in [9.17, 15) is 19.5 Å². The van der Waals surface area contributed by atoms with Crippen molar-refractivity contribution in [1.82, 2.24) is 20.5 Å². The number of hydrogen-bond acceptors (Lipinski definition) is 6. The Bertz CT molecular complexity index is 998. The highest BCUT2D eigenvalue weighted by molar-refractivity contribution is 7.13. The minimum Gasteiger partial charge on any atom is -0.508 e. The average molecular weight is 459 g/mol. The van der Waals surface area contributed by atoms with Crippen LogP contribution in [0, 0.1) is 12.3 Å². The minimum absolute atomic E-state index is 0.0953. The fourth-order valence-electron chi connectivity index (χ4n) is 3.96. The van der Waals surface area contributed by atoms with Gasteiger partial charge in [-0.1, -0.05) is 32.9 Å². The molecule has 1 aliphatic rings. The van der Waals surface area contributed by atoms with E-state index in [-0.39, 0.29) is 24.1 Å². The van der Waals surface area contributed by atoms with Crippen LogP contribution in [0.15, 0.2) is 23.7 Å². The number of aromatic nitrogens is 1. The van der Waals surface area contributed by atoms with Crippen molar-refractivity contribution in [1.29, 1.82) is 0 Å². The Morgan fingerprint density at radius 1 is 1.38 bits per heavy atom. The molecule has 0 bridgehead atoms. The second-order valence-electron chi connectivity index (χ2n) is 9.10. The summed E-state index contributed by atoms with van der Waals surface area (Å²) in [6, 6.07) is 4.05. The van der Waals surface area contributed by atoms with Gasteiger partial charge in [0.2, 0.25) is 18.2 Å². The molecule has 172 valence electrons. The number of amides is 3. The Hall–Kier alpha value is -2.94. The number of likely N-dealkylation sites (tertiary alicyclic amines) is 1. The van der Waals surface area contributed by atoms with Crippen molar-refractivity contribution in [2.45, 2.75) is 59.2 Å². The number of rotatable bonds is 7. The maximum Gasteiger partial charge on any atom is 0.246 e. The quantitative estimate of drug-likeness (QED) is 0.552. The molecule has 1 aromatic heterocycles. The summed E-state index contributed by atoms with van der Waals surface area (Å²) in [7, 11) is 0. The number of carbonyl (C=O) groups is 3. The molecule has 0 spiro atoms. The van der Waals surface area contributed by atoms with Gasteiger partial charge in [0, 0.05) is 18.7 Å². The summed E-state index contributed by atoms with van der Waals surface area (Å²) in [5.74, 6) is -0.427. The van der Waals surface area contributed by atoms with Crippen molar-refractivity contribution in [3.8, 4) is 16.2 Å².